The predicted octanol–water partition coefficient (Wildman–Crippen LogP) is 3.36. The highest BCUT2D eigenvalue weighted by Crippen LogP contribution is 2.33. The van der Waals surface area contributed by atoms with Crippen LogP contribution in [0, 0.1) is 18.8 Å². The molecule has 5 heteroatoms. The van der Waals surface area contributed by atoms with Crippen molar-refractivity contribution in [3.63, 3.8) is 0 Å². The Kier molecular flexibility index (Phi) is 5.07. The third kappa shape index (κ3) is 3.68. The average Bonchev–Trinajstić information content (AvgIpc) is 3.32. The number of piperidine rings is 1. The first-order valence-electron chi connectivity index (χ1n) is 9.65. The van der Waals surface area contributed by atoms with Gasteiger partial charge in [0.05, 0.1) is 11.8 Å². The number of nitrogens with zero attached hydrogens (tertiary/aromatic N) is 3. The number of aryl methyl sites for hydroxylation is 1. The van der Waals surface area contributed by atoms with Gasteiger partial charge in [-0.05, 0) is 68.8 Å². The summed E-state index contributed by atoms with van der Waals surface area (Å²) in [4.78, 5) is 21.4. The molecule has 0 radical (unpaired) electrons. The summed E-state index contributed by atoms with van der Waals surface area (Å²) in [7, 11) is 0. The van der Waals surface area contributed by atoms with E-state index in [2.05, 4.69) is 16.0 Å². The molecule has 0 unspecified atom stereocenters. The fourth-order valence-corrected chi connectivity index (χ4v) is 4.47. The van der Waals surface area contributed by atoms with Crippen LogP contribution in [0.4, 0.5) is 0 Å². The number of furan rings is 1. The van der Waals surface area contributed by atoms with E-state index in [1.54, 1.807) is 12.3 Å². The van der Waals surface area contributed by atoms with E-state index in [9.17, 15) is 4.79 Å². The molecule has 2 aliphatic heterocycles. The first kappa shape index (κ1) is 17.3. The molecule has 2 aromatic rings. The maximum Gasteiger partial charge on any atom is 0.257 e. The third-order valence-corrected chi connectivity index (χ3v) is 6.03. The predicted molar refractivity (Wildman–Crippen MR) is 99.7 cm³/mol. The topological polar surface area (TPSA) is 49.6 Å². The van der Waals surface area contributed by atoms with Crippen LogP contribution < -0.4 is 0 Å². The summed E-state index contributed by atoms with van der Waals surface area (Å²) in [6, 6.07) is 5.95. The van der Waals surface area contributed by atoms with Crippen LogP contribution in [0.2, 0.25) is 0 Å². The standard InChI is InChI=1S/C21H27N3O2/c1-16-20(7-12-26-16)21(25)24-11-6-19(15-24)18-4-9-23(10-5-18)14-17-3-2-8-22-13-17/h2-3,7-8,12-13,18-19H,4-6,9-11,14-15H2,1H3/t19-/m1/s1. The molecule has 4 rings (SSSR count). The molecule has 1 amide bonds. The van der Waals surface area contributed by atoms with Crippen molar-refractivity contribution in [2.75, 3.05) is 26.2 Å². The molecule has 5 nitrogen and oxygen atoms in total. The normalized spacial score (nSPS) is 22.0. The van der Waals surface area contributed by atoms with Crippen molar-refractivity contribution in [3.05, 3.63) is 53.7 Å². The molecule has 0 N–H and O–H groups in total. The van der Waals surface area contributed by atoms with Gasteiger partial charge < -0.3 is 9.32 Å². The zero-order chi connectivity index (χ0) is 17.9. The largest absolute Gasteiger partial charge is 0.469 e. The second-order valence-corrected chi connectivity index (χ2v) is 7.67. The lowest BCUT2D eigenvalue weighted by molar-refractivity contribution is 0.0771. The number of amides is 1. The SMILES string of the molecule is Cc1occc1C(=O)N1CC[C@@H](C2CCN(Cc3cccnc3)CC2)C1. The number of hydrogen-bond donors (Lipinski definition) is 0. The van der Waals surface area contributed by atoms with Gasteiger partial charge in [-0.15, -0.1) is 0 Å². The van der Waals surface area contributed by atoms with Gasteiger partial charge in [-0.25, -0.2) is 0 Å². The van der Waals surface area contributed by atoms with Gasteiger partial charge in [0, 0.05) is 32.0 Å². The molecule has 1 atom stereocenters. The molecule has 26 heavy (non-hydrogen) atoms. The van der Waals surface area contributed by atoms with Gasteiger partial charge in [-0.2, -0.15) is 0 Å². The van der Waals surface area contributed by atoms with Crippen LogP contribution in [-0.4, -0.2) is 46.9 Å². The molecule has 0 aromatic carbocycles. The summed E-state index contributed by atoms with van der Waals surface area (Å²) >= 11 is 0. The molecule has 138 valence electrons. The van der Waals surface area contributed by atoms with Crippen LogP contribution in [0.15, 0.2) is 41.3 Å². The molecule has 2 fully saturated rings. The van der Waals surface area contributed by atoms with Crippen LogP contribution in [0.3, 0.4) is 0 Å². The molecule has 2 aliphatic rings. The number of pyridine rings is 1. The highest BCUT2D eigenvalue weighted by atomic mass is 16.3. The van der Waals surface area contributed by atoms with Crippen LogP contribution in [-0.2, 0) is 6.54 Å². The van der Waals surface area contributed by atoms with Crippen LogP contribution in [0.25, 0.3) is 0 Å². The molecule has 0 spiro atoms. The highest BCUT2D eigenvalue weighted by Gasteiger charge is 2.34. The summed E-state index contributed by atoms with van der Waals surface area (Å²) in [6.45, 7) is 6.92. The molecular weight excluding hydrogens is 326 g/mol. The molecule has 2 saturated heterocycles. The smallest absolute Gasteiger partial charge is 0.257 e. The van der Waals surface area contributed by atoms with E-state index in [0.29, 0.717) is 5.92 Å². The molecular formula is C21H27N3O2. The fourth-order valence-electron chi connectivity index (χ4n) is 4.47. The zero-order valence-corrected chi connectivity index (χ0v) is 15.4. The second-order valence-electron chi connectivity index (χ2n) is 7.67. The van der Waals surface area contributed by atoms with Crippen molar-refractivity contribution in [2.45, 2.75) is 32.7 Å². The maximum atomic E-state index is 12.7. The van der Waals surface area contributed by atoms with Gasteiger partial charge in [0.25, 0.3) is 5.91 Å². The Bertz CT molecular complexity index is 735. The van der Waals surface area contributed by atoms with E-state index in [-0.39, 0.29) is 5.91 Å². The zero-order valence-electron chi connectivity index (χ0n) is 15.4. The first-order valence-corrected chi connectivity index (χ1v) is 9.65. The highest BCUT2D eigenvalue weighted by molar-refractivity contribution is 5.95. The fraction of sp³-hybridized carbons (Fsp3) is 0.524. The van der Waals surface area contributed by atoms with Crippen LogP contribution >= 0.6 is 0 Å². The van der Waals surface area contributed by atoms with Gasteiger partial charge in [0.1, 0.15) is 5.76 Å². The van der Waals surface area contributed by atoms with E-state index in [1.165, 1.54) is 18.4 Å². The van der Waals surface area contributed by atoms with Crippen molar-refractivity contribution in [2.24, 2.45) is 11.8 Å². The second kappa shape index (κ2) is 7.62. The number of rotatable bonds is 4. The number of carbonyl (C=O) groups excluding carboxylic acids is 1. The van der Waals surface area contributed by atoms with E-state index in [1.807, 2.05) is 30.3 Å². The van der Waals surface area contributed by atoms with Crippen LogP contribution in [0.5, 0.6) is 0 Å². The van der Waals surface area contributed by atoms with Crippen molar-refractivity contribution in [3.8, 4) is 0 Å². The van der Waals surface area contributed by atoms with Crippen LogP contribution in [0.1, 0.15) is 40.9 Å². The lowest BCUT2D eigenvalue weighted by atomic mass is 9.83. The Balaban J connectivity index is 1.28. The summed E-state index contributed by atoms with van der Waals surface area (Å²) in [5, 5.41) is 0. The third-order valence-electron chi connectivity index (χ3n) is 6.03. The van der Waals surface area contributed by atoms with E-state index < -0.39 is 0 Å². The Hall–Kier alpha value is -2.14. The van der Waals surface area contributed by atoms with Gasteiger partial charge in [-0.1, -0.05) is 6.07 Å². The quantitative estimate of drug-likeness (QED) is 0.846. The minimum absolute atomic E-state index is 0.132. The van der Waals surface area contributed by atoms with E-state index in [0.717, 1.165) is 56.4 Å². The van der Waals surface area contributed by atoms with Gasteiger partial charge >= 0.3 is 0 Å². The first-order chi connectivity index (χ1) is 12.7. The molecule has 0 aliphatic carbocycles. The molecule has 0 bridgehead atoms. The summed E-state index contributed by atoms with van der Waals surface area (Å²) in [5.74, 6) is 2.24. The Morgan fingerprint density at radius 3 is 2.69 bits per heavy atom. The van der Waals surface area contributed by atoms with Gasteiger partial charge in [0.2, 0.25) is 0 Å². The van der Waals surface area contributed by atoms with Crippen molar-refractivity contribution in [1.82, 2.24) is 14.8 Å². The summed E-state index contributed by atoms with van der Waals surface area (Å²) in [5.41, 5.74) is 2.01. The van der Waals surface area contributed by atoms with Gasteiger partial charge in [-0.3, -0.25) is 14.7 Å². The Morgan fingerprint density at radius 2 is 2.00 bits per heavy atom. The number of likely N-dealkylation sites (tertiary alicyclic amines) is 2. The van der Waals surface area contributed by atoms with Crippen molar-refractivity contribution < 1.29 is 9.21 Å². The van der Waals surface area contributed by atoms with Gasteiger partial charge in [0.15, 0.2) is 0 Å². The lowest BCUT2D eigenvalue weighted by Gasteiger charge is -2.34. The summed E-state index contributed by atoms with van der Waals surface area (Å²) in [6.07, 6.45) is 9.00. The number of hydrogen-bond acceptors (Lipinski definition) is 4. The Labute approximate surface area is 155 Å². The minimum atomic E-state index is 0.132. The lowest BCUT2D eigenvalue weighted by Crippen LogP contribution is -2.37. The van der Waals surface area contributed by atoms with E-state index >= 15 is 0 Å². The average molecular weight is 353 g/mol. The van der Waals surface area contributed by atoms with Crippen molar-refractivity contribution >= 4 is 5.91 Å². The molecule has 4 heterocycles. The number of carbonyl (C=O) groups is 1. The monoisotopic (exact) mass is 353 g/mol. The minimum Gasteiger partial charge on any atom is -0.469 e. The number of aromatic nitrogens is 1. The summed E-state index contributed by atoms with van der Waals surface area (Å²) < 4.78 is 5.29. The molecule has 0 saturated carbocycles. The van der Waals surface area contributed by atoms with Crippen molar-refractivity contribution in [1.29, 1.82) is 0 Å². The van der Waals surface area contributed by atoms with E-state index in [4.69, 9.17) is 4.42 Å². The maximum absolute atomic E-state index is 12.7. The molecule has 2 aromatic heterocycles. The Morgan fingerprint density at radius 1 is 1.19 bits per heavy atom.